The second-order valence-corrected chi connectivity index (χ2v) is 9.03. The number of benzene rings is 5. The van der Waals surface area contributed by atoms with Crippen molar-refractivity contribution in [2.24, 2.45) is 0 Å². The Balaban J connectivity index is 1.45. The predicted molar refractivity (Wildman–Crippen MR) is 149 cm³/mol. The highest BCUT2D eigenvalue weighted by atomic mass is 15.2. The Hall–Kier alpha value is -4.50. The maximum Gasteiger partial charge on any atom is 0.322 e. The highest BCUT2D eigenvalue weighted by Gasteiger charge is 2.35. The van der Waals surface area contributed by atoms with Gasteiger partial charge in [-0.25, -0.2) is 0 Å². The monoisotopic (exact) mass is 446 g/mol. The molecule has 0 amide bonds. The lowest BCUT2D eigenvalue weighted by atomic mass is 9.49. The largest absolute Gasteiger partial charge is 0.383 e. The van der Waals surface area contributed by atoms with E-state index in [2.05, 4.69) is 149 Å². The fourth-order valence-corrected chi connectivity index (χ4v) is 5.51. The Labute approximate surface area is 206 Å². The van der Waals surface area contributed by atoms with Gasteiger partial charge in [0, 0.05) is 28.3 Å². The minimum Gasteiger partial charge on any atom is -0.383 e. The van der Waals surface area contributed by atoms with Crippen LogP contribution in [0.25, 0.3) is 21.9 Å². The molecule has 35 heavy (non-hydrogen) atoms. The minimum absolute atomic E-state index is 0.111. The summed E-state index contributed by atoms with van der Waals surface area (Å²) in [6.45, 7) is 0.111. The van der Waals surface area contributed by atoms with Gasteiger partial charge in [0.1, 0.15) is 0 Å². The summed E-state index contributed by atoms with van der Waals surface area (Å²) in [6.07, 6.45) is 4.48. The fourth-order valence-electron chi connectivity index (χ4n) is 5.51. The van der Waals surface area contributed by atoms with Gasteiger partial charge in [0.25, 0.3) is 0 Å². The van der Waals surface area contributed by atoms with Crippen molar-refractivity contribution in [3.63, 3.8) is 0 Å². The molecule has 0 unspecified atom stereocenters. The SMILES string of the molecule is C1=CN2B(C=C1N(c1ccccc1)c1ccccc1)c1ccc3ccccc3c1-c1ccccc12. The molecule has 7 rings (SSSR count). The average molecular weight is 446 g/mol. The normalized spacial score (nSPS) is 13.7. The first-order valence-corrected chi connectivity index (χ1v) is 12.1. The lowest BCUT2D eigenvalue weighted by Gasteiger charge is -2.39. The average Bonchev–Trinajstić information content (AvgIpc) is 2.94. The molecule has 0 bridgehead atoms. The van der Waals surface area contributed by atoms with Crippen LogP contribution in [0.3, 0.4) is 0 Å². The van der Waals surface area contributed by atoms with Gasteiger partial charge in [0.15, 0.2) is 0 Å². The Morgan fingerprint density at radius 3 is 2.03 bits per heavy atom. The second kappa shape index (κ2) is 8.07. The summed E-state index contributed by atoms with van der Waals surface area (Å²) < 4.78 is 0. The van der Waals surface area contributed by atoms with Crippen LogP contribution in [0.4, 0.5) is 17.1 Å². The van der Waals surface area contributed by atoms with Crippen molar-refractivity contribution < 1.29 is 0 Å². The molecule has 0 saturated heterocycles. The molecule has 0 atom stereocenters. The molecule has 2 nitrogen and oxygen atoms in total. The molecular formula is C32H23BN2. The summed E-state index contributed by atoms with van der Waals surface area (Å²) in [6, 6.07) is 43.3. The quantitative estimate of drug-likeness (QED) is 0.268. The summed E-state index contributed by atoms with van der Waals surface area (Å²) in [5, 5.41) is 2.59. The molecular weight excluding hydrogens is 423 g/mol. The van der Waals surface area contributed by atoms with Crippen LogP contribution in [-0.2, 0) is 0 Å². The molecule has 164 valence electrons. The molecule has 2 heterocycles. The zero-order valence-electron chi connectivity index (χ0n) is 19.3. The van der Waals surface area contributed by atoms with Crippen molar-refractivity contribution in [1.82, 2.24) is 0 Å². The van der Waals surface area contributed by atoms with Crippen molar-refractivity contribution in [2.75, 3.05) is 9.71 Å². The number of nitrogens with zero attached hydrogens (tertiary/aromatic N) is 2. The van der Waals surface area contributed by atoms with E-state index in [9.17, 15) is 0 Å². The van der Waals surface area contributed by atoms with E-state index in [-0.39, 0.29) is 6.85 Å². The van der Waals surface area contributed by atoms with Gasteiger partial charge in [-0.1, -0.05) is 97.0 Å². The number of rotatable bonds is 3. The molecule has 5 aromatic carbocycles. The fraction of sp³-hybridized carbons (Fsp3) is 0. The third kappa shape index (κ3) is 3.20. The maximum absolute atomic E-state index is 2.41. The number of hydrogen-bond acceptors (Lipinski definition) is 2. The Morgan fingerprint density at radius 2 is 1.26 bits per heavy atom. The molecule has 2 aliphatic heterocycles. The summed E-state index contributed by atoms with van der Waals surface area (Å²) in [5.41, 5.74) is 8.69. The molecule has 0 aromatic heterocycles. The molecule has 0 N–H and O–H groups in total. The lowest BCUT2D eigenvalue weighted by Crippen LogP contribution is -2.50. The Bertz CT molecular complexity index is 1570. The van der Waals surface area contributed by atoms with Gasteiger partial charge >= 0.3 is 6.85 Å². The summed E-state index contributed by atoms with van der Waals surface area (Å²) in [4.78, 5) is 4.75. The van der Waals surface area contributed by atoms with Gasteiger partial charge < -0.3 is 9.71 Å². The molecule has 0 radical (unpaired) electrons. The molecule has 3 heteroatoms. The van der Waals surface area contributed by atoms with Crippen molar-refractivity contribution in [1.29, 1.82) is 0 Å². The first kappa shape index (κ1) is 19.9. The first-order chi connectivity index (χ1) is 17.4. The molecule has 0 fully saturated rings. The zero-order valence-corrected chi connectivity index (χ0v) is 19.3. The highest BCUT2D eigenvalue weighted by Crippen LogP contribution is 2.41. The summed E-state index contributed by atoms with van der Waals surface area (Å²) in [5.74, 6) is 2.41. The molecule has 0 spiro atoms. The van der Waals surface area contributed by atoms with Gasteiger partial charge in [-0.15, -0.1) is 0 Å². The number of fused-ring (bicyclic) bond motifs is 8. The minimum atomic E-state index is 0.111. The molecule has 2 aliphatic rings. The number of hydrogen-bond donors (Lipinski definition) is 0. The van der Waals surface area contributed by atoms with Crippen LogP contribution >= 0.6 is 0 Å². The van der Waals surface area contributed by atoms with Crippen molar-refractivity contribution in [3.8, 4) is 11.1 Å². The molecule has 0 saturated carbocycles. The number of anilines is 3. The van der Waals surface area contributed by atoms with Crippen LogP contribution in [0.15, 0.2) is 145 Å². The van der Waals surface area contributed by atoms with Gasteiger partial charge in [-0.3, -0.25) is 0 Å². The van der Waals surface area contributed by atoms with Crippen molar-refractivity contribution in [3.05, 3.63) is 145 Å². The maximum atomic E-state index is 2.41. The van der Waals surface area contributed by atoms with E-state index in [1.54, 1.807) is 0 Å². The van der Waals surface area contributed by atoms with Crippen LogP contribution in [0.1, 0.15) is 0 Å². The standard InChI is InChI=1S/C32H23BN2/c1-3-12-25(13-4-1)35(26-14-5-2-6-15-26)27-21-22-34-31-18-10-9-17-29(31)32-28-16-8-7-11-24(28)19-20-30(32)33(34)23-27/h1-23H. The van der Waals surface area contributed by atoms with E-state index in [0.29, 0.717) is 0 Å². The third-order valence-corrected chi connectivity index (χ3v) is 7.05. The van der Waals surface area contributed by atoms with Crippen LogP contribution < -0.4 is 15.2 Å². The van der Waals surface area contributed by atoms with Crippen molar-refractivity contribution in [2.45, 2.75) is 0 Å². The number of para-hydroxylation sites is 3. The van der Waals surface area contributed by atoms with E-state index in [4.69, 9.17) is 0 Å². The summed E-state index contributed by atoms with van der Waals surface area (Å²) in [7, 11) is 0. The van der Waals surface area contributed by atoms with E-state index in [0.717, 1.165) is 11.4 Å². The van der Waals surface area contributed by atoms with E-state index < -0.39 is 0 Å². The third-order valence-electron chi connectivity index (χ3n) is 7.05. The van der Waals surface area contributed by atoms with E-state index in [1.165, 1.54) is 38.7 Å². The molecule has 0 aliphatic carbocycles. The highest BCUT2D eigenvalue weighted by molar-refractivity contribution is 6.84. The Morgan fingerprint density at radius 1 is 0.600 bits per heavy atom. The van der Waals surface area contributed by atoms with Gasteiger partial charge in [0.05, 0.1) is 0 Å². The summed E-state index contributed by atoms with van der Waals surface area (Å²) >= 11 is 0. The lowest BCUT2D eigenvalue weighted by molar-refractivity contribution is 1.19. The van der Waals surface area contributed by atoms with Gasteiger partial charge in [0.2, 0.25) is 0 Å². The van der Waals surface area contributed by atoms with Gasteiger partial charge in [-0.2, -0.15) is 0 Å². The first-order valence-electron chi connectivity index (χ1n) is 12.1. The smallest absolute Gasteiger partial charge is 0.322 e. The van der Waals surface area contributed by atoms with Crippen LogP contribution in [0, 0.1) is 0 Å². The second-order valence-electron chi connectivity index (χ2n) is 9.03. The Kier molecular flexibility index (Phi) is 4.59. The topological polar surface area (TPSA) is 6.48 Å². The van der Waals surface area contributed by atoms with Crippen LogP contribution in [0.5, 0.6) is 0 Å². The van der Waals surface area contributed by atoms with Crippen molar-refractivity contribution >= 4 is 40.1 Å². The van der Waals surface area contributed by atoms with E-state index in [1.807, 2.05) is 0 Å². The van der Waals surface area contributed by atoms with Crippen LogP contribution in [0.2, 0.25) is 0 Å². The van der Waals surface area contributed by atoms with E-state index >= 15 is 0 Å². The van der Waals surface area contributed by atoms with Crippen LogP contribution in [-0.4, -0.2) is 6.85 Å². The predicted octanol–water partition coefficient (Wildman–Crippen LogP) is 7.31. The molecule has 5 aromatic rings. The number of allylic oxidation sites excluding steroid dienone is 1. The zero-order chi connectivity index (χ0) is 23.2. The van der Waals surface area contributed by atoms with Gasteiger partial charge in [-0.05, 0) is 64.4 Å².